The van der Waals surface area contributed by atoms with Crippen molar-refractivity contribution in [2.24, 2.45) is 0 Å². The second-order valence-corrected chi connectivity index (χ2v) is 15.9. The van der Waals surface area contributed by atoms with Crippen molar-refractivity contribution in [3.05, 3.63) is 11.3 Å². The van der Waals surface area contributed by atoms with Gasteiger partial charge in [-0.25, -0.2) is 0 Å². The van der Waals surface area contributed by atoms with E-state index >= 15 is 0 Å². The Balaban J connectivity index is 3.12. The summed E-state index contributed by atoms with van der Waals surface area (Å²) in [7, 11) is 0.0925. The van der Waals surface area contributed by atoms with Gasteiger partial charge in [0.05, 0.1) is 0 Å². The first-order valence-corrected chi connectivity index (χ1v) is 13.7. The standard InChI is InChI=1S/C12H25Cl3Si2/c1-12(2)11-16-9-7-5-3-4-6-8-10-17(13,14)15/h11H,3-10,16H2,1-2H3. The highest BCUT2D eigenvalue weighted by Gasteiger charge is 2.23. The van der Waals surface area contributed by atoms with Crippen LogP contribution in [-0.4, -0.2) is 15.5 Å². The molecule has 0 bridgehead atoms. The Morgan fingerprint density at radius 3 is 2.00 bits per heavy atom. The van der Waals surface area contributed by atoms with Gasteiger partial charge in [-0.1, -0.05) is 50.1 Å². The van der Waals surface area contributed by atoms with Crippen molar-refractivity contribution in [1.29, 1.82) is 0 Å². The normalized spacial score (nSPS) is 12.3. The van der Waals surface area contributed by atoms with Gasteiger partial charge in [0.25, 0.3) is 0 Å². The number of hydrogen-bond donors (Lipinski definition) is 0. The van der Waals surface area contributed by atoms with E-state index in [2.05, 4.69) is 19.5 Å². The monoisotopic (exact) mass is 330 g/mol. The summed E-state index contributed by atoms with van der Waals surface area (Å²) < 4.78 is 0. The zero-order valence-corrected chi connectivity index (χ0v) is 15.8. The van der Waals surface area contributed by atoms with Crippen molar-refractivity contribution in [2.75, 3.05) is 0 Å². The summed E-state index contributed by atoms with van der Waals surface area (Å²) in [5.74, 6) is 0. The van der Waals surface area contributed by atoms with Crippen LogP contribution in [0.1, 0.15) is 52.4 Å². The largest absolute Gasteiger partial charge is 0.341 e. The van der Waals surface area contributed by atoms with Gasteiger partial charge in [0.15, 0.2) is 0 Å². The van der Waals surface area contributed by atoms with E-state index in [0.29, 0.717) is 0 Å². The van der Waals surface area contributed by atoms with Gasteiger partial charge in [-0.15, -0.1) is 38.9 Å². The first-order valence-electron chi connectivity index (χ1n) is 6.62. The van der Waals surface area contributed by atoms with Crippen molar-refractivity contribution >= 4 is 48.8 Å². The van der Waals surface area contributed by atoms with Crippen LogP contribution in [0.2, 0.25) is 12.1 Å². The summed E-state index contributed by atoms with van der Waals surface area (Å²) in [4.78, 5) is 0. The van der Waals surface area contributed by atoms with Crippen LogP contribution in [0.4, 0.5) is 0 Å². The van der Waals surface area contributed by atoms with Crippen molar-refractivity contribution in [3.8, 4) is 0 Å². The van der Waals surface area contributed by atoms with Gasteiger partial charge in [-0.05, 0) is 19.9 Å². The minimum atomic E-state index is -2.34. The van der Waals surface area contributed by atoms with Gasteiger partial charge in [-0.3, -0.25) is 0 Å². The molecule has 0 aliphatic heterocycles. The summed E-state index contributed by atoms with van der Waals surface area (Å²) in [6, 6.07) is -0.0493. The first-order chi connectivity index (χ1) is 7.92. The first kappa shape index (κ1) is 18.0. The lowest BCUT2D eigenvalue weighted by Crippen LogP contribution is -2.07. The van der Waals surface area contributed by atoms with Crippen LogP contribution < -0.4 is 0 Å². The molecule has 102 valence electrons. The highest BCUT2D eigenvalue weighted by atomic mass is 35.8. The topological polar surface area (TPSA) is 0 Å². The number of hydrogen-bond acceptors (Lipinski definition) is 0. The van der Waals surface area contributed by atoms with Crippen LogP contribution in [0.15, 0.2) is 11.3 Å². The molecule has 0 spiro atoms. The van der Waals surface area contributed by atoms with E-state index in [9.17, 15) is 0 Å². The Kier molecular flexibility index (Phi) is 11.6. The fourth-order valence-electron chi connectivity index (χ4n) is 1.74. The molecule has 0 aromatic rings. The lowest BCUT2D eigenvalue weighted by atomic mass is 10.1. The Morgan fingerprint density at radius 2 is 1.47 bits per heavy atom. The van der Waals surface area contributed by atoms with Gasteiger partial charge in [-0.2, -0.15) is 0 Å². The van der Waals surface area contributed by atoms with Crippen LogP contribution in [0.3, 0.4) is 0 Å². The Morgan fingerprint density at radius 1 is 0.941 bits per heavy atom. The van der Waals surface area contributed by atoms with Gasteiger partial charge >= 0.3 is 6.00 Å². The molecule has 0 aliphatic rings. The third kappa shape index (κ3) is 17.0. The van der Waals surface area contributed by atoms with E-state index in [0.717, 1.165) is 12.5 Å². The number of halogens is 3. The van der Waals surface area contributed by atoms with Crippen LogP contribution in [0.5, 0.6) is 0 Å². The van der Waals surface area contributed by atoms with Crippen LogP contribution in [-0.2, 0) is 0 Å². The van der Waals surface area contributed by atoms with Gasteiger partial charge in [0.1, 0.15) is 0 Å². The lowest BCUT2D eigenvalue weighted by Gasteiger charge is -2.06. The molecule has 0 radical (unpaired) electrons. The van der Waals surface area contributed by atoms with Crippen molar-refractivity contribution < 1.29 is 0 Å². The highest BCUT2D eigenvalue weighted by Crippen LogP contribution is 2.27. The van der Waals surface area contributed by atoms with Crippen molar-refractivity contribution in [3.63, 3.8) is 0 Å². The zero-order chi connectivity index (χ0) is 13.1. The van der Waals surface area contributed by atoms with Crippen molar-refractivity contribution in [2.45, 2.75) is 64.5 Å². The number of allylic oxidation sites excluding steroid dienone is 1. The molecule has 0 N–H and O–H groups in total. The molecule has 0 fully saturated rings. The molecule has 0 heterocycles. The quantitative estimate of drug-likeness (QED) is 0.282. The van der Waals surface area contributed by atoms with E-state index in [1.54, 1.807) is 0 Å². The lowest BCUT2D eigenvalue weighted by molar-refractivity contribution is 0.623. The van der Waals surface area contributed by atoms with Gasteiger partial charge in [0, 0.05) is 9.52 Å². The third-order valence-corrected chi connectivity index (χ3v) is 7.35. The maximum absolute atomic E-state index is 5.82. The Bertz CT molecular complexity index is 208. The maximum atomic E-state index is 5.82. The molecule has 0 aromatic carbocycles. The van der Waals surface area contributed by atoms with Crippen LogP contribution in [0.25, 0.3) is 0 Å². The third-order valence-electron chi connectivity index (χ3n) is 2.72. The van der Waals surface area contributed by atoms with Crippen LogP contribution in [0, 0.1) is 0 Å². The predicted octanol–water partition coefficient (Wildman–Crippen LogP) is 5.49. The number of unbranched alkanes of at least 4 members (excludes halogenated alkanes) is 5. The minimum absolute atomic E-state index is 0.0925. The fourth-order valence-corrected chi connectivity index (χ4v) is 5.02. The molecule has 17 heavy (non-hydrogen) atoms. The molecule has 5 heteroatoms. The van der Waals surface area contributed by atoms with E-state index < -0.39 is 6.00 Å². The summed E-state index contributed by atoms with van der Waals surface area (Å²) in [5, 5.41) is 0. The molecule has 0 saturated carbocycles. The molecule has 0 nitrogen and oxygen atoms in total. The second kappa shape index (κ2) is 10.9. The average Bonchev–Trinajstić information content (AvgIpc) is 2.18. The zero-order valence-electron chi connectivity index (χ0n) is 11.1. The number of rotatable bonds is 10. The Labute approximate surface area is 124 Å². The van der Waals surface area contributed by atoms with Gasteiger partial charge < -0.3 is 0 Å². The smallest absolute Gasteiger partial charge is 0.126 e. The Hall–Kier alpha value is 1.04. The van der Waals surface area contributed by atoms with E-state index in [1.165, 1.54) is 43.7 Å². The highest BCUT2D eigenvalue weighted by molar-refractivity contribution is 7.64. The molecular weight excluding hydrogens is 307 g/mol. The summed E-state index contributed by atoms with van der Waals surface area (Å²) >= 11 is 17.5. The molecule has 0 unspecified atom stereocenters. The minimum Gasteiger partial charge on any atom is -0.126 e. The maximum Gasteiger partial charge on any atom is 0.341 e. The fraction of sp³-hybridized carbons (Fsp3) is 0.833. The van der Waals surface area contributed by atoms with E-state index in [1.807, 2.05) is 0 Å². The molecule has 0 aliphatic carbocycles. The SMILES string of the molecule is CC(C)=C[SiH2]CCCCCCCC[Si](Cl)(Cl)Cl. The average molecular weight is 332 g/mol. The molecule has 0 atom stereocenters. The molecular formula is C12H25Cl3Si2. The second-order valence-electron chi connectivity index (χ2n) is 4.91. The summed E-state index contributed by atoms with van der Waals surface area (Å²) in [5.41, 5.74) is 3.96. The van der Waals surface area contributed by atoms with E-state index in [-0.39, 0.29) is 9.52 Å². The van der Waals surface area contributed by atoms with Crippen LogP contribution >= 0.6 is 33.2 Å². The molecule has 0 rings (SSSR count). The predicted molar refractivity (Wildman–Crippen MR) is 88.6 cm³/mol. The molecule has 0 saturated heterocycles. The van der Waals surface area contributed by atoms with Gasteiger partial charge in [0.2, 0.25) is 0 Å². The molecule has 0 amide bonds. The summed E-state index contributed by atoms with van der Waals surface area (Å²) in [6.07, 6.45) is 7.77. The summed E-state index contributed by atoms with van der Waals surface area (Å²) in [6.45, 7) is 4.39. The van der Waals surface area contributed by atoms with Crippen molar-refractivity contribution in [1.82, 2.24) is 0 Å². The molecule has 0 aromatic heterocycles. The van der Waals surface area contributed by atoms with E-state index in [4.69, 9.17) is 33.2 Å².